The van der Waals surface area contributed by atoms with E-state index >= 15 is 0 Å². The highest BCUT2D eigenvalue weighted by molar-refractivity contribution is 7.89. The number of nitrogens with zero attached hydrogens (tertiary/aromatic N) is 1. The zero-order chi connectivity index (χ0) is 15.6. The minimum absolute atomic E-state index is 0.0790. The summed E-state index contributed by atoms with van der Waals surface area (Å²) in [6.07, 6.45) is 0. The third-order valence-corrected chi connectivity index (χ3v) is 4.42. The van der Waals surface area contributed by atoms with E-state index in [0.29, 0.717) is 12.1 Å². The lowest BCUT2D eigenvalue weighted by Crippen LogP contribution is -2.37. The lowest BCUT2D eigenvalue weighted by atomic mass is 10.3. The van der Waals surface area contributed by atoms with E-state index in [-0.39, 0.29) is 22.9 Å². The van der Waals surface area contributed by atoms with Gasteiger partial charge in [0.25, 0.3) is 0 Å². The zero-order valence-electron chi connectivity index (χ0n) is 11.5. The van der Waals surface area contributed by atoms with Crippen LogP contribution in [-0.2, 0) is 14.8 Å². The molecule has 0 aliphatic heterocycles. The van der Waals surface area contributed by atoms with Crippen molar-refractivity contribution in [1.82, 2.24) is 14.6 Å². The number of amides is 1. The third-order valence-electron chi connectivity index (χ3n) is 3.02. The normalized spacial score (nSPS) is 11.7. The maximum absolute atomic E-state index is 12.1. The first-order chi connectivity index (χ1) is 9.83. The number of carbonyl (C=O) groups excluding carboxylic acids is 1. The van der Waals surface area contributed by atoms with E-state index in [1.807, 2.05) is 0 Å². The average molecular weight is 313 g/mol. The molecule has 0 aliphatic rings. The summed E-state index contributed by atoms with van der Waals surface area (Å²) in [5.41, 5.74) is 0.542. The molecule has 2 aromatic rings. The number of H-pyrrole nitrogens is 1. The van der Waals surface area contributed by atoms with Gasteiger partial charge in [0.2, 0.25) is 15.9 Å². The number of oxazole rings is 1. The number of hydrogen-bond donors (Lipinski definition) is 2. The van der Waals surface area contributed by atoms with E-state index in [0.717, 1.165) is 0 Å². The molecular weight excluding hydrogens is 298 g/mol. The van der Waals surface area contributed by atoms with Crippen LogP contribution in [-0.4, -0.2) is 44.3 Å². The van der Waals surface area contributed by atoms with Gasteiger partial charge >= 0.3 is 5.76 Å². The van der Waals surface area contributed by atoms with E-state index in [9.17, 15) is 18.0 Å². The fourth-order valence-corrected chi connectivity index (χ4v) is 2.63. The molecule has 0 spiro atoms. The van der Waals surface area contributed by atoms with Crippen molar-refractivity contribution in [2.24, 2.45) is 0 Å². The second-order valence-corrected chi connectivity index (χ2v) is 6.17. The number of sulfonamides is 1. The van der Waals surface area contributed by atoms with Crippen molar-refractivity contribution in [3.8, 4) is 0 Å². The predicted molar refractivity (Wildman–Crippen MR) is 75.3 cm³/mol. The molecule has 0 bridgehead atoms. The third kappa shape index (κ3) is 3.31. The van der Waals surface area contributed by atoms with E-state index in [4.69, 9.17) is 4.42 Å². The van der Waals surface area contributed by atoms with Crippen molar-refractivity contribution in [2.75, 3.05) is 20.1 Å². The number of likely N-dealkylation sites (N-methyl/N-ethyl adjacent to an activating group) is 1. The quantitative estimate of drug-likeness (QED) is 0.799. The molecule has 0 fully saturated rings. The minimum Gasteiger partial charge on any atom is -0.408 e. The molecule has 0 unspecified atom stereocenters. The fraction of sp³-hybridized carbons (Fsp3) is 0.333. The molecule has 9 heteroatoms. The largest absolute Gasteiger partial charge is 0.417 e. The summed E-state index contributed by atoms with van der Waals surface area (Å²) >= 11 is 0. The maximum Gasteiger partial charge on any atom is 0.417 e. The van der Waals surface area contributed by atoms with Crippen LogP contribution in [0.5, 0.6) is 0 Å². The number of rotatable bonds is 5. The molecule has 1 aromatic carbocycles. The summed E-state index contributed by atoms with van der Waals surface area (Å²) in [5, 5.41) is 0. The van der Waals surface area contributed by atoms with E-state index < -0.39 is 15.8 Å². The van der Waals surface area contributed by atoms with Crippen LogP contribution in [0.15, 0.2) is 32.3 Å². The second kappa shape index (κ2) is 5.70. The first-order valence-electron chi connectivity index (χ1n) is 6.20. The summed E-state index contributed by atoms with van der Waals surface area (Å²) in [4.78, 5) is 26.4. The first kappa shape index (κ1) is 15.3. The van der Waals surface area contributed by atoms with Gasteiger partial charge in [0.15, 0.2) is 5.58 Å². The number of benzene rings is 1. The van der Waals surface area contributed by atoms with E-state index in [2.05, 4.69) is 9.71 Å². The Morgan fingerprint density at radius 1 is 1.43 bits per heavy atom. The van der Waals surface area contributed by atoms with E-state index in [1.54, 1.807) is 14.0 Å². The van der Waals surface area contributed by atoms with Gasteiger partial charge in [-0.25, -0.2) is 17.9 Å². The van der Waals surface area contributed by atoms with Crippen LogP contribution in [0.25, 0.3) is 11.1 Å². The van der Waals surface area contributed by atoms with Crippen molar-refractivity contribution in [3.05, 3.63) is 28.7 Å². The standard InChI is InChI=1S/C12H15N3O5S/c1-3-15(2)11(16)7-13-21(18,19)8-4-5-9-10(6-8)20-12(17)14-9/h4-6,13H,3,7H2,1-2H3,(H,14,17). The highest BCUT2D eigenvalue weighted by Crippen LogP contribution is 2.16. The minimum atomic E-state index is -3.85. The first-order valence-corrected chi connectivity index (χ1v) is 7.68. The summed E-state index contributed by atoms with van der Waals surface area (Å²) in [5.74, 6) is -0.998. The molecule has 0 saturated heterocycles. The average Bonchev–Trinajstić information content (AvgIpc) is 2.82. The van der Waals surface area contributed by atoms with Gasteiger partial charge < -0.3 is 9.32 Å². The second-order valence-electron chi connectivity index (χ2n) is 4.40. The maximum atomic E-state index is 12.1. The summed E-state index contributed by atoms with van der Waals surface area (Å²) in [6, 6.07) is 3.97. The molecule has 114 valence electrons. The predicted octanol–water partition coefficient (Wildman–Crippen LogP) is -0.122. The number of aromatic nitrogens is 1. The Morgan fingerprint density at radius 2 is 2.14 bits per heavy atom. The van der Waals surface area contributed by atoms with Gasteiger partial charge in [-0.2, -0.15) is 0 Å². The molecule has 21 heavy (non-hydrogen) atoms. The van der Waals surface area contributed by atoms with Crippen LogP contribution in [0.4, 0.5) is 0 Å². The molecule has 8 nitrogen and oxygen atoms in total. The smallest absolute Gasteiger partial charge is 0.408 e. The topological polar surface area (TPSA) is 112 Å². The van der Waals surface area contributed by atoms with Crippen LogP contribution in [0, 0.1) is 0 Å². The van der Waals surface area contributed by atoms with Crippen molar-refractivity contribution >= 4 is 27.0 Å². The molecule has 0 saturated carbocycles. The molecule has 1 aromatic heterocycles. The Morgan fingerprint density at radius 3 is 2.81 bits per heavy atom. The Balaban J connectivity index is 2.21. The Hall–Kier alpha value is -2.13. The zero-order valence-corrected chi connectivity index (χ0v) is 12.4. The SMILES string of the molecule is CCN(C)C(=O)CNS(=O)(=O)c1ccc2[nH]c(=O)oc2c1. The summed E-state index contributed by atoms with van der Waals surface area (Å²) < 4.78 is 31.2. The van der Waals surface area contributed by atoms with Gasteiger partial charge in [-0.3, -0.25) is 9.78 Å². The lowest BCUT2D eigenvalue weighted by Gasteiger charge is -2.14. The molecule has 0 aliphatic carbocycles. The number of aromatic amines is 1. The van der Waals surface area contributed by atoms with Crippen LogP contribution < -0.4 is 10.5 Å². The van der Waals surface area contributed by atoms with Crippen molar-refractivity contribution in [3.63, 3.8) is 0 Å². The van der Waals surface area contributed by atoms with Crippen LogP contribution in [0.2, 0.25) is 0 Å². The molecule has 1 amide bonds. The van der Waals surface area contributed by atoms with Crippen molar-refractivity contribution in [2.45, 2.75) is 11.8 Å². The lowest BCUT2D eigenvalue weighted by molar-refractivity contribution is -0.128. The molecular formula is C12H15N3O5S. The van der Waals surface area contributed by atoms with Gasteiger partial charge in [0.05, 0.1) is 17.0 Å². The van der Waals surface area contributed by atoms with Crippen LogP contribution >= 0.6 is 0 Å². The van der Waals surface area contributed by atoms with Crippen molar-refractivity contribution in [1.29, 1.82) is 0 Å². The van der Waals surface area contributed by atoms with Gasteiger partial charge in [0, 0.05) is 19.7 Å². The molecule has 2 N–H and O–H groups in total. The Kier molecular flexibility index (Phi) is 4.14. The van der Waals surface area contributed by atoms with E-state index in [1.165, 1.54) is 23.1 Å². The number of fused-ring (bicyclic) bond motifs is 1. The number of nitrogens with one attached hydrogen (secondary N) is 2. The van der Waals surface area contributed by atoms with Crippen molar-refractivity contribution < 1.29 is 17.6 Å². The summed E-state index contributed by atoms with van der Waals surface area (Å²) in [6.45, 7) is 1.94. The highest BCUT2D eigenvalue weighted by atomic mass is 32.2. The molecule has 0 atom stereocenters. The molecule has 2 rings (SSSR count). The molecule has 1 heterocycles. The number of carbonyl (C=O) groups is 1. The molecule has 0 radical (unpaired) electrons. The number of hydrogen-bond acceptors (Lipinski definition) is 5. The fourth-order valence-electron chi connectivity index (χ4n) is 1.64. The summed E-state index contributed by atoms with van der Waals surface area (Å²) in [7, 11) is -2.27. The monoisotopic (exact) mass is 313 g/mol. The van der Waals surface area contributed by atoms with Gasteiger partial charge in [-0.05, 0) is 19.1 Å². The van der Waals surface area contributed by atoms with Gasteiger partial charge in [-0.15, -0.1) is 0 Å². The van der Waals surface area contributed by atoms with Gasteiger partial charge in [0.1, 0.15) is 0 Å². The van der Waals surface area contributed by atoms with Crippen LogP contribution in [0.1, 0.15) is 6.92 Å². The van der Waals surface area contributed by atoms with Gasteiger partial charge in [-0.1, -0.05) is 0 Å². The highest BCUT2D eigenvalue weighted by Gasteiger charge is 2.18. The Labute approximate surface area is 120 Å². The Bertz CT molecular complexity index is 821. The van der Waals surface area contributed by atoms with Crippen LogP contribution in [0.3, 0.4) is 0 Å².